The molecule has 3 aliphatic rings. The molecule has 0 bridgehead atoms. The third kappa shape index (κ3) is 7.75. The lowest BCUT2D eigenvalue weighted by Crippen LogP contribution is -2.46. The molecule has 36 heavy (non-hydrogen) atoms. The molecule has 1 aromatic carbocycles. The van der Waals surface area contributed by atoms with Gasteiger partial charge in [0.2, 0.25) is 10.7 Å². The molecule has 1 spiro atoms. The molecular weight excluding hydrogens is 470 g/mol. The predicted octanol–water partition coefficient (Wildman–Crippen LogP) is 4.94. The van der Waals surface area contributed by atoms with E-state index in [0.29, 0.717) is 4.77 Å². The Balaban J connectivity index is 0.000000647. The van der Waals surface area contributed by atoms with Crippen molar-refractivity contribution in [2.75, 3.05) is 59.3 Å². The Kier molecular flexibility index (Phi) is 14.8. The third-order valence-corrected chi connectivity index (χ3v) is 6.59. The lowest BCUT2D eigenvalue weighted by atomic mass is 9.75. The van der Waals surface area contributed by atoms with Gasteiger partial charge in [0.15, 0.2) is 0 Å². The Morgan fingerprint density at radius 2 is 1.61 bits per heavy atom. The molecule has 2 aliphatic heterocycles. The van der Waals surface area contributed by atoms with E-state index in [-0.39, 0.29) is 5.60 Å². The highest BCUT2D eigenvalue weighted by Gasteiger charge is 2.43. The van der Waals surface area contributed by atoms with E-state index in [4.69, 9.17) is 22.1 Å². The van der Waals surface area contributed by atoms with Crippen molar-refractivity contribution < 1.29 is 9.84 Å². The summed E-state index contributed by atoms with van der Waals surface area (Å²) in [7, 11) is 6.93. The fraction of sp³-hybridized carbons (Fsp3) is 0.643. The molecule has 3 N–H and O–H groups in total. The number of aromatic amines is 1. The van der Waals surface area contributed by atoms with Crippen molar-refractivity contribution in [1.82, 2.24) is 20.2 Å². The molecule has 7 nitrogen and oxygen atoms in total. The zero-order valence-electron chi connectivity index (χ0n) is 23.8. The van der Waals surface area contributed by atoms with Gasteiger partial charge >= 0.3 is 0 Å². The van der Waals surface area contributed by atoms with Gasteiger partial charge in [-0.05, 0) is 76.6 Å². The number of nitrogens with zero attached hydrogens (tertiary/aromatic N) is 3. The molecule has 1 aliphatic carbocycles. The smallest absolute Gasteiger partial charge is 0.223 e. The van der Waals surface area contributed by atoms with Crippen LogP contribution in [0.15, 0.2) is 24.3 Å². The molecule has 3 heterocycles. The molecular formula is C28H49N5O2S. The fourth-order valence-electron chi connectivity index (χ4n) is 4.89. The Labute approximate surface area is 224 Å². The number of benzene rings is 1. The number of aliphatic hydroxyl groups excluding tert-OH is 1. The highest BCUT2D eigenvalue weighted by atomic mass is 32.1. The van der Waals surface area contributed by atoms with Gasteiger partial charge < -0.3 is 29.9 Å². The SMILES string of the molecule is CC.CC.CN1CCN(c2[nH]c(=S)nc3c2CCC2(CCCc4ccccc42)O3)CC1.CNC.CO. The minimum Gasteiger partial charge on any atom is -0.466 e. The van der Waals surface area contributed by atoms with Crippen molar-refractivity contribution in [3.05, 3.63) is 45.7 Å². The number of hydrogen-bond donors (Lipinski definition) is 3. The second-order valence-electron chi connectivity index (χ2n) is 8.57. The maximum absolute atomic E-state index is 7.00. The van der Waals surface area contributed by atoms with Crippen LogP contribution in [0.3, 0.4) is 0 Å². The number of anilines is 1. The predicted molar refractivity (Wildman–Crippen MR) is 155 cm³/mol. The number of aryl methyl sites for hydroxylation is 1. The van der Waals surface area contributed by atoms with E-state index in [1.165, 1.54) is 16.7 Å². The van der Waals surface area contributed by atoms with Crippen molar-refractivity contribution >= 4 is 18.0 Å². The maximum atomic E-state index is 7.00. The molecule has 1 atom stereocenters. The van der Waals surface area contributed by atoms with Gasteiger partial charge in [-0.1, -0.05) is 52.0 Å². The van der Waals surface area contributed by atoms with Crippen LogP contribution in [-0.2, 0) is 18.4 Å². The summed E-state index contributed by atoms with van der Waals surface area (Å²) in [5, 5.41) is 9.75. The second kappa shape index (κ2) is 16.7. The van der Waals surface area contributed by atoms with Gasteiger partial charge in [-0.2, -0.15) is 4.98 Å². The average Bonchev–Trinajstić information content (AvgIpc) is 2.93. The first-order valence-electron chi connectivity index (χ1n) is 13.4. The summed E-state index contributed by atoms with van der Waals surface area (Å²) in [6.45, 7) is 12.1. The molecule has 1 fully saturated rings. The largest absolute Gasteiger partial charge is 0.466 e. The summed E-state index contributed by atoms with van der Waals surface area (Å²) in [5.41, 5.74) is 3.73. The van der Waals surface area contributed by atoms with E-state index >= 15 is 0 Å². The van der Waals surface area contributed by atoms with Gasteiger partial charge in [0.1, 0.15) is 11.4 Å². The first-order chi connectivity index (χ1) is 17.6. The first-order valence-corrected chi connectivity index (χ1v) is 13.8. The number of H-pyrrole nitrogens is 1. The molecule has 1 saturated heterocycles. The zero-order chi connectivity index (χ0) is 27.1. The van der Waals surface area contributed by atoms with Crippen molar-refractivity contribution in [3.63, 3.8) is 0 Å². The van der Waals surface area contributed by atoms with E-state index in [1.54, 1.807) is 0 Å². The van der Waals surface area contributed by atoms with Gasteiger partial charge in [-0.25, -0.2) is 0 Å². The number of aliphatic hydroxyl groups is 1. The summed E-state index contributed by atoms with van der Waals surface area (Å²) in [6.07, 6.45) is 5.34. The maximum Gasteiger partial charge on any atom is 0.223 e. The van der Waals surface area contributed by atoms with E-state index < -0.39 is 0 Å². The van der Waals surface area contributed by atoms with Crippen molar-refractivity contribution in [2.24, 2.45) is 0 Å². The van der Waals surface area contributed by atoms with Crippen LogP contribution < -0.4 is 15.0 Å². The number of nitrogens with one attached hydrogen (secondary N) is 2. The second-order valence-corrected chi connectivity index (χ2v) is 8.96. The van der Waals surface area contributed by atoms with Gasteiger partial charge in [-0.3, -0.25) is 0 Å². The molecule has 1 aromatic heterocycles. The number of piperazine rings is 1. The quantitative estimate of drug-likeness (QED) is 0.461. The van der Waals surface area contributed by atoms with Crippen LogP contribution in [0, 0.1) is 4.77 Å². The highest BCUT2D eigenvalue weighted by Crippen LogP contribution is 2.47. The van der Waals surface area contributed by atoms with Crippen LogP contribution in [0.2, 0.25) is 0 Å². The van der Waals surface area contributed by atoms with Crippen LogP contribution in [0.1, 0.15) is 63.6 Å². The molecule has 5 rings (SSSR count). The van der Waals surface area contributed by atoms with Crippen LogP contribution >= 0.6 is 12.2 Å². The Morgan fingerprint density at radius 3 is 2.25 bits per heavy atom. The topological polar surface area (TPSA) is 76.7 Å². The highest BCUT2D eigenvalue weighted by molar-refractivity contribution is 7.71. The molecule has 0 radical (unpaired) electrons. The van der Waals surface area contributed by atoms with Gasteiger partial charge in [-0.15, -0.1) is 0 Å². The standard InChI is InChI=1S/C21H26N4OS.C2H7N.2C2H6.CH4O/c1-24-11-13-25(14-12-24)18-16-8-10-21(26-19(16)23-20(27)22-18)9-4-6-15-5-2-3-7-17(15)21;1-3-2;3*1-2/h2-3,5,7H,4,6,8-14H2,1H3,(H,22,23,27);3H,1-2H3;2*1-2H3;2H,1H3. The molecule has 204 valence electrons. The minimum absolute atomic E-state index is 0.239. The normalized spacial score (nSPS) is 19.8. The van der Waals surface area contributed by atoms with E-state index in [0.717, 1.165) is 77.1 Å². The van der Waals surface area contributed by atoms with E-state index in [1.807, 2.05) is 41.8 Å². The van der Waals surface area contributed by atoms with E-state index in [2.05, 4.69) is 56.4 Å². The summed E-state index contributed by atoms with van der Waals surface area (Å²) >= 11 is 5.46. The minimum atomic E-state index is -0.239. The lowest BCUT2D eigenvalue weighted by molar-refractivity contribution is 0.0199. The summed E-state index contributed by atoms with van der Waals surface area (Å²) < 4.78 is 7.20. The number of likely N-dealkylation sites (N-methyl/N-ethyl adjacent to an activating group) is 1. The van der Waals surface area contributed by atoms with Gasteiger partial charge in [0, 0.05) is 33.3 Å². The van der Waals surface area contributed by atoms with Crippen LogP contribution in [0.4, 0.5) is 5.82 Å². The number of aromatic nitrogens is 2. The van der Waals surface area contributed by atoms with Gasteiger partial charge in [0.25, 0.3) is 0 Å². The molecule has 2 aromatic rings. The Hall–Kier alpha value is -2.00. The number of fused-ring (bicyclic) bond motifs is 3. The summed E-state index contributed by atoms with van der Waals surface area (Å²) in [6, 6.07) is 8.75. The number of hydrogen-bond acceptors (Lipinski definition) is 7. The van der Waals surface area contributed by atoms with Gasteiger partial charge in [0.05, 0.1) is 5.56 Å². The molecule has 0 amide bonds. The lowest BCUT2D eigenvalue weighted by Gasteiger charge is -2.43. The molecule has 8 heteroatoms. The molecule has 0 saturated carbocycles. The van der Waals surface area contributed by atoms with Crippen molar-refractivity contribution in [3.8, 4) is 5.88 Å². The zero-order valence-corrected chi connectivity index (χ0v) is 24.6. The van der Waals surface area contributed by atoms with Crippen LogP contribution in [-0.4, -0.2) is 74.4 Å². The van der Waals surface area contributed by atoms with Crippen LogP contribution in [0.25, 0.3) is 0 Å². The average molecular weight is 520 g/mol. The fourth-order valence-corrected chi connectivity index (χ4v) is 5.07. The molecule has 1 unspecified atom stereocenters. The third-order valence-electron chi connectivity index (χ3n) is 6.40. The monoisotopic (exact) mass is 519 g/mol. The van der Waals surface area contributed by atoms with Crippen molar-refractivity contribution in [2.45, 2.75) is 65.4 Å². The van der Waals surface area contributed by atoms with Crippen molar-refractivity contribution in [1.29, 1.82) is 0 Å². The van der Waals surface area contributed by atoms with E-state index in [9.17, 15) is 0 Å². The number of ether oxygens (including phenoxy) is 1. The number of rotatable bonds is 1. The summed E-state index contributed by atoms with van der Waals surface area (Å²) in [4.78, 5) is 12.7. The summed E-state index contributed by atoms with van der Waals surface area (Å²) in [5.74, 6) is 1.87. The first kappa shape index (κ1) is 32.0. The Morgan fingerprint density at radius 1 is 1.00 bits per heavy atom. The Bertz CT molecular complexity index is 944. The van der Waals surface area contributed by atoms with Crippen LogP contribution in [0.5, 0.6) is 5.88 Å².